The van der Waals surface area contributed by atoms with E-state index >= 15 is 0 Å². The van der Waals surface area contributed by atoms with Crippen LogP contribution in [0, 0.1) is 5.92 Å². The van der Waals surface area contributed by atoms with E-state index in [-0.39, 0.29) is 5.91 Å². The summed E-state index contributed by atoms with van der Waals surface area (Å²) in [7, 11) is 3.23. The van der Waals surface area contributed by atoms with Gasteiger partial charge in [0.1, 0.15) is 0 Å². The zero-order valence-corrected chi connectivity index (χ0v) is 17.0. The lowest BCUT2D eigenvalue weighted by Crippen LogP contribution is -2.49. The molecule has 2 heterocycles. The van der Waals surface area contributed by atoms with Gasteiger partial charge in [0.05, 0.1) is 19.9 Å². The summed E-state index contributed by atoms with van der Waals surface area (Å²) in [4.78, 5) is 16.3. The molecule has 0 saturated carbocycles. The maximum absolute atomic E-state index is 12.2. The second-order valence-corrected chi connectivity index (χ2v) is 7.31. The molecule has 28 heavy (non-hydrogen) atoms. The second kappa shape index (κ2) is 8.91. The number of hydrogen-bond donors (Lipinski definition) is 0. The molecule has 7 heteroatoms. The Kier molecular flexibility index (Phi) is 6.34. The van der Waals surface area contributed by atoms with Crippen LogP contribution in [0.4, 0.5) is 5.82 Å². The van der Waals surface area contributed by atoms with Crippen molar-refractivity contribution in [2.75, 3.05) is 45.3 Å². The van der Waals surface area contributed by atoms with Crippen LogP contribution in [0.1, 0.15) is 20.3 Å². The molecule has 3 rings (SSSR count). The highest BCUT2D eigenvalue weighted by atomic mass is 16.5. The standard InChI is InChI=1S/C21H28N4O3/c1-15(2)13-21(26)25-11-9-24(10-12-25)20-8-6-17(22-23-20)16-5-7-18(27-3)19(14-16)28-4/h5-8,14-15H,9-13H2,1-4H3. The quantitative estimate of drug-likeness (QED) is 0.763. The second-order valence-electron chi connectivity index (χ2n) is 7.31. The van der Waals surface area contributed by atoms with E-state index in [2.05, 4.69) is 28.9 Å². The van der Waals surface area contributed by atoms with Gasteiger partial charge in [-0.1, -0.05) is 13.8 Å². The third-order valence-corrected chi connectivity index (χ3v) is 4.87. The van der Waals surface area contributed by atoms with Gasteiger partial charge in [0.25, 0.3) is 0 Å². The van der Waals surface area contributed by atoms with Crippen molar-refractivity contribution in [3.63, 3.8) is 0 Å². The van der Waals surface area contributed by atoms with E-state index in [0.29, 0.717) is 23.8 Å². The Labute approximate surface area is 166 Å². The van der Waals surface area contributed by atoms with Crippen LogP contribution < -0.4 is 14.4 Å². The molecule has 1 aliphatic rings. The van der Waals surface area contributed by atoms with Crippen molar-refractivity contribution in [1.82, 2.24) is 15.1 Å². The van der Waals surface area contributed by atoms with Crippen molar-refractivity contribution in [3.05, 3.63) is 30.3 Å². The maximum Gasteiger partial charge on any atom is 0.222 e. The first kappa shape index (κ1) is 19.9. The number of methoxy groups -OCH3 is 2. The van der Waals surface area contributed by atoms with Crippen LogP contribution in [0.3, 0.4) is 0 Å². The largest absolute Gasteiger partial charge is 0.493 e. The van der Waals surface area contributed by atoms with Crippen molar-refractivity contribution in [1.29, 1.82) is 0 Å². The summed E-state index contributed by atoms with van der Waals surface area (Å²) in [6, 6.07) is 9.62. The van der Waals surface area contributed by atoms with Gasteiger partial charge >= 0.3 is 0 Å². The van der Waals surface area contributed by atoms with E-state index in [4.69, 9.17) is 9.47 Å². The number of anilines is 1. The smallest absolute Gasteiger partial charge is 0.222 e. The SMILES string of the molecule is COc1ccc(-c2ccc(N3CCN(C(=O)CC(C)C)CC3)nn2)cc1OC. The van der Waals surface area contributed by atoms with Crippen molar-refractivity contribution >= 4 is 11.7 Å². The Bertz CT molecular complexity index is 800. The molecule has 0 radical (unpaired) electrons. The third-order valence-electron chi connectivity index (χ3n) is 4.87. The summed E-state index contributed by atoms with van der Waals surface area (Å²) in [5.74, 6) is 2.80. The lowest BCUT2D eigenvalue weighted by atomic mass is 10.1. The number of nitrogens with zero attached hydrogens (tertiary/aromatic N) is 4. The first-order valence-corrected chi connectivity index (χ1v) is 9.60. The van der Waals surface area contributed by atoms with E-state index in [0.717, 1.165) is 43.3 Å². The topological polar surface area (TPSA) is 67.8 Å². The molecule has 1 aromatic heterocycles. The van der Waals surface area contributed by atoms with Crippen LogP contribution in [-0.2, 0) is 4.79 Å². The normalized spacial score (nSPS) is 14.3. The summed E-state index contributed by atoms with van der Waals surface area (Å²) < 4.78 is 10.6. The highest BCUT2D eigenvalue weighted by Crippen LogP contribution is 2.31. The fourth-order valence-corrected chi connectivity index (χ4v) is 3.31. The minimum Gasteiger partial charge on any atom is -0.493 e. The van der Waals surface area contributed by atoms with Gasteiger partial charge in [0.15, 0.2) is 17.3 Å². The van der Waals surface area contributed by atoms with E-state index < -0.39 is 0 Å². The number of hydrogen-bond acceptors (Lipinski definition) is 6. The predicted octanol–water partition coefficient (Wildman–Crippen LogP) is 2.86. The van der Waals surface area contributed by atoms with E-state index in [9.17, 15) is 4.79 Å². The van der Waals surface area contributed by atoms with Crippen molar-refractivity contribution in [2.24, 2.45) is 5.92 Å². The predicted molar refractivity (Wildman–Crippen MR) is 109 cm³/mol. The average molecular weight is 384 g/mol. The molecule has 7 nitrogen and oxygen atoms in total. The third kappa shape index (κ3) is 4.52. The molecule has 0 aliphatic carbocycles. The van der Waals surface area contributed by atoms with Crippen molar-refractivity contribution in [3.8, 4) is 22.8 Å². The average Bonchev–Trinajstić information content (AvgIpc) is 2.73. The molecule has 150 valence electrons. The molecule has 1 aliphatic heterocycles. The summed E-state index contributed by atoms with van der Waals surface area (Å²) in [6.07, 6.45) is 0.611. The van der Waals surface area contributed by atoms with E-state index in [1.165, 1.54) is 0 Å². The van der Waals surface area contributed by atoms with Crippen LogP contribution in [-0.4, -0.2) is 61.4 Å². The van der Waals surface area contributed by atoms with Gasteiger partial charge < -0.3 is 19.3 Å². The molecule has 2 aromatic rings. The Balaban J connectivity index is 1.65. The monoisotopic (exact) mass is 384 g/mol. The number of amides is 1. The van der Waals surface area contributed by atoms with Crippen LogP contribution in [0.2, 0.25) is 0 Å². The van der Waals surface area contributed by atoms with Crippen LogP contribution in [0.15, 0.2) is 30.3 Å². The number of aromatic nitrogens is 2. The number of ether oxygens (including phenoxy) is 2. The number of carbonyl (C=O) groups is 1. The molecule has 0 unspecified atom stereocenters. The van der Waals surface area contributed by atoms with Gasteiger partial charge in [0, 0.05) is 38.2 Å². The van der Waals surface area contributed by atoms with Gasteiger partial charge in [-0.05, 0) is 36.2 Å². The van der Waals surface area contributed by atoms with Gasteiger partial charge in [0.2, 0.25) is 5.91 Å². The van der Waals surface area contributed by atoms with Gasteiger partial charge in [-0.15, -0.1) is 10.2 Å². The highest BCUT2D eigenvalue weighted by molar-refractivity contribution is 5.76. The Morgan fingerprint density at radius 3 is 2.29 bits per heavy atom. The molecule has 0 spiro atoms. The molecule has 1 aromatic carbocycles. The molecular formula is C21H28N4O3. The lowest BCUT2D eigenvalue weighted by molar-refractivity contribution is -0.132. The minimum atomic E-state index is 0.240. The van der Waals surface area contributed by atoms with Crippen molar-refractivity contribution in [2.45, 2.75) is 20.3 Å². The van der Waals surface area contributed by atoms with Gasteiger partial charge in [-0.3, -0.25) is 4.79 Å². The summed E-state index contributed by atoms with van der Waals surface area (Å²) in [5.41, 5.74) is 1.69. The van der Waals surface area contributed by atoms with Gasteiger partial charge in [-0.25, -0.2) is 0 Å². The van der Waals surface area contributed by atoms with Crippen molar-refractivity contribution < 1.29 is 14.3 Å². The first-order chi connectivity index (χ1) is 13.5. The summed E-state index contributed by atoms with van der Waals surface area (Å²) in [6.45, 7) is 7.14. The molecule has 0 atom stereocenters. The fourth-order valence-electron chi connectivity index (χ4n) is 3.31. The minimum absolute atomic E-state index is 0.240. The molecule has 1 amide bonds. The number of piperazine rings is 1. The molecule has 1 saturated heterocycles. The first-order valence-electron chi connectivity index (χ1n) is 9.60. The number of rotatable bonds is 6. The molecular weight excluding hydrogens is 356 g/mol. The number of benzene rings is 1. The zero-order valence-electron chi connectivity index (χ0n) is 17.0. The fraction of sp³-hybridized carbons (Fsp3) is 0.476. The zero-order chi connectivity index (χ0) is 20.1. The lowest BCUT2D eigenvalue weighted by Gasteiger charge is -2.35. The Hall–Kier alpha value is -2.83. The van der Waals surface area contributed by atoms with Gasteiger partial charge in [-0.2, -0.15) is 0 Å². The summed E-state index contributed by atoms with van der Waals surface area (Å²) in [5, 5.41) is 8.78. The molecule has 1 fully saturated rings. The molecule has 0 N–H and O–H groups in total. The molecule has 0 bridgehead atoms. The van der Waals surface area contributed by atoms with Crippen LogP contribution in [0.5, 0.6) is 11.5 Å². The Morgan fingerprint density at radius 1 is 1.00 bits per heavy atom. The van der Waals surface area contributed by atoms with E-state index in [1.807, 2.05) is 35.2 Å². The van der Waals surface area contributed by atoms with E-state index in [1.54, 1.807) is 14.2 Å². The number of carbonyl (C=O) groups excluding carboxylic acids is 1. The van der Waals surface area contributed by atoms with Crippen LogP contribution >= 0.6 is 0 Å². The maximum atomic E-state index is 12.2. The van der Waals surface area contributed by atoms with Crippen LogP contribution in [0.25, 0.3) is 11.3 Å². The highest BCUT2D eigenvalue weighted by Gasteiger charge is 2.22. The summed E-state index contributed by atoms with van der Waals surface area (Å²) >= 11 is 0. The Morgan fingerprint density at radius 2 is 1.71 bits per heavy atom.